The van der Waals surface area contributed by atoms with E-state index >= 15 is 0 Å². The van der Waals surface area contributed by atoms with Crippen molar-refractivity contribution in [1.82, 2.24) is 16.0 Å². The number of amides is 3. The number of benzene rings is 1. The Morgan fingerprint density at radius 3 is 2.31 bits per heavy atom. The summed E-state index contributed by atoms with van der Waals surface area (Å²) in [5.74, 6) is -2.97. The maximum atomic E-state index is 13.2. The van der Waals surface area contributed by atoms with E-state index in [9.17, 15) is 23.2 Å². The van der Waals surface area contributed by atoms with Gasteiger partial charge in [0.25, 0.3) is 0 Å². The molecule has 0 aliphatic rings. The van der Waals surface area contributed by atoms with E-state index in [1.54, 1.807) is 0 Å². The third kappa shape index (κ3) is 9.47. The summed E-state index contributed by atoms with van der Waals surface area (Å²) in [6.45, 7) is 4.12. The number of hydrogen-bond donors (Lipinski definition) is 3. The van der Waals surface area contributed by atoms with E-state index in [4.69, 9.17) is 4.74 Å². The molecule has 0 fully saturated rings. The Morgan fingerprint density at radius 1 is 1.07 bits per heavy atom. The largest absolute Gasteiger partial charge is 0.383 e. The predicted molar refractivity (Wildman–Crippen MR) is 104 cm³/mol. The smallest absolute Gasteiger partial charge is 0.242 e. The molecule has 0 radical (unpaired) electrons. The number of methoxy groups -OCH3 is 1. The van der Waals surface area contributed by atoms with Gasteiger partial charge in [0.05, 0.1) is 13.0 Å². The van der Waals surface area contributed by atoms with Crippen molar-refractivity contribution in [2.45, 2.75) is 51.6 Å². The van der Waals surface area contributed by atoms with Gasteiger partial charge in [-0.15, -0.1) is 0 Å². The maximum Gasteiger partial charge on any atom is 0.242 e. The number of unbranched alkanes of at least 4 members (excludes halogenated alkanes) is 1. The lowest BCUT2D eigenvalue weighted by atomic mass is 10.1. The average Bonchev–Trinajstić information content (AvgIpc) is 2.63. The highest BCUT2D eigenvalue weighted by Gasteiger charge is 2.23. The monoisotopic (exact) mass is 413 g/mol. The minimum Gasteiger partial charge on any atom is -0.383 e. The van der Waals surface area contributed by atoms with Gasteiger partial charge in [-0.05, 0) is 31.0 Å². The molecule has 0 aromatic heterocycles. The quantitative estimate of drug-likeness (QED) is 0.452. The van der Waals surface area contributed by atoms with Crippen LogP contribution in [0.4, 0.5) is 8.78 Å². The lowest BCUT2D eigenvalue weighted by molar-refractivity contribution is -0.131. The first kappa shape index (κ1) is 24.5. The summed E-state index contributed by atoms with van der Waals surface area (Å²) in [4.78, 5) is 36.8. The highest BCUT2D eigenvalue weighted by atomic mass is 19.1. The van der Waals surface area contributed by atoms with Crippen LogP contribution < -0.4 is 16.0 Å². The molecule has 3 N–H and O–H groups in total. The predicted octanol–water partition coefficient (Wildman–Crippen LogP) is 1.45. The molecule has 0 unspecified atom stereocenters. The van der Waals surface area contributed by atoms with Crippen LogP contribution in [0.15, 0.2) is 18.2 Å². The third-order valence-corrected chi connectivity index (χ3v) is 4.14. The Labute approximate surface area is 169 Å². The van der Waals surface area contributed by atoms with Gasteiger partial charge in [0, 0.05) is 19.7 Å². The van der Waals surface area contributed by atoms with Crippen molar-refractivity contribution < 1.29 is 27.9 Å². The van der Waals surface area contributed by atoms with Crippen molar-refractivity contribution in [2.75, 3.05) is 20.3 Å². The lowest BCUT2D eigenvalue weighted by Gasteiger charge is -2.21. The summed E-state index contributed by atoms with van der Waals surface area (Å²) in [7, 11) is 1.52. The fourth-order valence-corrected chi connectivity index (χ4v) is 2.63. The van der Waals surface area contributed by atoms with Crippen LogP contribution in [0.3, 0.4) is 0 Å². The first-order valence-corrected chi connectivity index (χ1v) is 9.58. The molecule has 1 aromatic rings. The molecule has 162 valence electrons. The molecule has 3 amide bonds. The summed E-state index contributed by atoms with van der Waals surface area (Å²) < 4.78 is 31.3. The Balaban J connectivity index is 2.61. The van der Waals surface area contributed by atoms with Crippen LogP contribution in [-0.2, 0) is 25.5 Å². The summed E-state index contributed by atoms with van der Waals surface area (Å²) in [5, 5.41) is 7.80. The Morgan fingerprint density at radius 2 is 1.72 bits per heavy atom. The van der Waals surface area contributed by atoms with E-state index in [0.29, 0.717) is 25.6 Å². The zero-order chi connectivity index (χ0) is 21.8. The molecule has 1 aromatic carbocycles. The van der Waals surface area contributed by atoms with E-state index in [1.165, 1.54) is 14.0 Å². The van der Waals surface area contributed by atoms with Crippen molar-refractivity contribution in [1.29, 1.82) is 0 Å². The molecule has 7 nitrogen and oxygen atoms in total. The first-order chi connectivity index (χ1) is 13.8. The van der Waals surface area contributed by atoms with Crippen LogP contribution in [0, 0.1) is 11.6 Å². The van der Waals surface area contributed by atoms with Crippen LogP contribution in [0.2, 0.25) is 0 Å². The number of halogens is 2. The van der Waals surface area contributed by atoms with Crippen molar-refractivity contribution in [3.8, 4) is 0 Å². The number of carbonyl (C=O) groups is 3. The molecule has 0 aliphatic carbocycles. The van der Waals surface area contributed by atoms with Crippen LogP contribution in [0.1, 0.15) is 38.7 Å². The molecule has 0 saturated carbocycles. The molecule has 0 heterocycles. The molecular formula is C20H29F2N3O4. The molecule has 0 aliphatic heterocycles. The van der Waals surface area contributed by atoms with E-state index in [1.807, 2.05) is 6.92 Å². The topological polar surface area (TPSA) is 96.5 Å². The Kier molecular flexibility index (Phi) is 10.8. The SMILES string of the molecule is CCCC[C@H](NC(=O)[C@H](C)NC(=O)Cc1cc(F)cc(F)c1)C(=O)NCCOC. The minimum absolute atomic E-state index is 0.158. The van der Waals surface area contributed by atoms with Gasteiger partial charge in [-0.3, -0.25) is 14.4 Å². The fraction of sp³-hybridized carbons (Fsp3) is 0.550. The molecule has 9 heteroatoms. The van der Waals surface area contributed by atoms with Crippen molar-refractivity contribution in [3.63, 3.8) is 0 Å². The number of rotatable bonds is 12. The van der Waals surface area contributed by atoms with Gasteiger partial charge in [-0.1, -0.05) is 19.8 Å². The molecule has 0 saturated heterocycles. The highest BCUT2D eigenvalue weighted by molar-refractivity contribution is 5.92. The Hall–Kier alpha value is -2.55. The van der Waals surface area contributed by atoms with Gasteiger partial charge in [-0.2, -0.15) is 0 Å². The number of ether oxygens (including phenoxy) is 1. The summed E-state index contributed by atoms with van der Waals surface area (Å²) in [6, 6.07) is 1.18. The van der Waals surface area contributed by atoms with Gasteiger partial charge in [0.15, 0.2) is 0 Å². The lowest BCUT2D eigenvalue weighted by Crippen LogP contribution is -2.53. The minimum atomic E-state index is -0.920. The van der Waals surface area contributed by atoms with E-state index in [-0.39, 0.29) is 17.9 Å². The zero-order valence-corrected chi connectivity index (χ0v) is 17.0. The molecule has 0 spiro atoms. The standard InChI is InChI=1S/C20H29F2N3O4/c1-4-5-6-17(20(28)23-7-8-29-3)25-19(27)13(2)24-18(26)11-14-9-15(21)12-16(22)10-14/h9-10,12-13,17H,4-8,11H2,1-3H3,(H,23,28)(H,24,26)(H,25,27)/t13-,17-/m0/s1. The van der Waals surface area contributed by atoms with Crippen LogP contribution in [0.25, 0.3) is 0 Å². The average molecular weight is 413 g/mol. The number of hydrogen-bond acceptors (Lipinski definition) is 4. The van der Waals surface area contributed by atoms with Crippen molar-refractivity contribution >= 4 is 17.7 Å². The molecule has 29 heavy (non-hydrogen) atoms. The maximum absolute atomic E-state index is 13.2. The summed E-state index contributed by atoms with van der Waals surface area (Å²) in [5.41, 5.74) is 0.158. The van der Waals surface area contributed by atoms with E-state index < -0.39 is 35.5 Å². The van der Waals surface area contributed by atoms with Crippen molar-refractivity contribution in [2.24, 2.45) is 0 Å². The first-order valence-electron chi connectivity index (χ1n) is 9.58. The molecule has 1 rings (SSSR count). The van der Waals surface area contributed by atoms with Gasteiger partial charge in [0.2, 0.25) is 17.7 Å². The van der Waals surface area contributed by atoms with E-state index in [0.717, 1.165) is 25.0 Å². The van der Waals surface area contributed by atoms with Gasteiger partial charge < -0.3 is 20.7 Å². The zero-order valence-electron chi connectivity index (χ0n) is 17.0. The van der Waals surface area contributed by atoms with Crippen LogP contribution in [-0.4, -0.2) is 50.1 Å². The molecule has 2 atom stereocenters. The number of carbonyl (C=O) groups excluding carboxylic acids is 3. The Bertz CT molecular complexity index is 680. The summed E-state index contributed by atoms with van der Waals surface area (Å²) >= 11 is 0. The highest BCUT2D eigenvalue weighted by Crippen LogP contribution is 2.09. The second kappa shape index (κ2) is 12.8. The third-order valence-electron chi connectivity index (χ3n) is 4.14. The van der Waals surface area contributed by atoms with Crippen LogP contribution in [0.5, 0.6) is 0 Å². The second-order valence-electron chi connectivity index (χ2n) is 6.73. The molecule has 0 bridgehead atoms. The van der Waals surface area contributed by atoms with Crippen molar-refractivity contribution in [3.05, 3.63) is 35.4 Å². The van der Waals surface area contributed by atoms with Gasteiger partial charge >= 0.3 is 0 Å². The van der Waals surface area contributed by atoms with Crippen LogP contribution >= 0.6 is 0 Å². The van der Waals surface area contributed by atoms with Gasteiger partial charge in [0.1, 0.15) is 23.7 Å². The summed E-state index contributed by atoms with van der Waals surface area (Å²) in [6.07, 6.45) is 1.79. The van der Waals surface area contributed by atoms with E-state index in [2.05, 4.69) is 16.0 Å². The fourth-order valence-electron chi connectivity index (χ4n) is 2.63. The molecular weight excluding hydrogens is 384 g/mol. The van der Waals surface area contributed by atoms with Gasteiger partial charge in [-0.25, -0.2) is 8.78 Å². The normalized spacial score (nSPS) is 12.7. The number of nitrogens with one attached hydrogen (secondary N) is 3. The second-order valence-corrected chi connectivity index (χ2v) is 6.73.